The van der Waals surface area contributed by atoms with Gasteiger partial charge in [0, 0.05) is 33.4 Å². The molecule has 0 N–H and O–H groups in total. The van der Waals surface area contributed by atoms with E-state index >= 15 is 61.5 Å². The highest BCUT2D eigenvalue weighted by atomic mass is 19.2. The summed E-state index contributed by atoms with van der Waals surface area (Å²) in [5.41, 5.74) is -4.25. The van der Waals surface area contributed by atoms with Crippen LogP contribution in [0.15, 0.2) is 36.4 Å². The standard InChI is InChI=1S/C38H6BF19O2/c40-7-5-9(21(42)10(41)6-7)8-3-1-2-4-11(8)59-39(20-14-18(28(49)34(55)32(20)53)29(50)36(57)35(56)22(14)43)60-38-19-13-12-15(23(44)24(45)17(13)30(51)37(38)58)26(47)33(54)27(48)16(12)25(46)31(19)52/h1-6H. The quantitative estimate of drug-likeness (QED) is 0.0545. The van der Waals surface area contributed by atoms with Gasteiger partial charge in [-0.25, -0.2) is 79.0 Å². The average Bonchev–Trinajstić information content (AvgIpc) is 3.21. The molecule has 0 bridgehead atoms. The first-order valence-electron chi connectivity index (χ1n) is 16.0. The van der Waals surface area contributed by atoms with Crippen molar-refractivity contribution < 1.29 is 92.7 Å². The molecule has 0 spiro atoms. The molecule has 0 aliphatic carbocycles. The van der Waals surface area contributed by atoms with Crippen molar-refractivity contribution in [3.63, 3.8) is 0 Å². The molecule has 0 aliphatic heterocycles. The van der Waals surface area contributed by atoms with Gasteiger partial charge < -0.3 is 9.31 Å². The van der Waals surface area contributed by atoms with Crippen LogP contribution in [0.3, 0.4) is 0 Å². The third-order valence-electron chi connectivity index (χ3n) is 9.42. The maximum atomic E-state index is 16.2. The Morgan fingerprint density at radius 2 is 0.717 bits per heavy atom. The van der Waals surface area contributed by atoms with E-state index in [-0.39, 0.29) is 12.1 Å². The van der Waals surface area contributed by atoms with Crippen molar-refractivity contribution in [2.45, 2.75) is 0 Å². The van der Waals surface area contributed by atoms with E-state index in [9.17, 15) is 22.0 Å². The van der Waals surface area contributed by atoms with Crippen LogP contribution in [0.5, 0.6) is 11.5 Å². The Morgan fingerprint density at radius 1 is 0.317 bits per heavy atom. The molecule has 0 heterocycles. The van der Waals surface area contributed by atoms with Gasteiger partial charge in [0.05, 0.1) is 32.4 Å². The lowest BCUT2D eigenvalue weighted by molar-refractivity contribution is 0.399. The van der Waals surface area contributed by atoms with Crippen molar-refractivity contribution in [2.24, 2.45) is 0 Å². The SMILES string of the molecule is Fc1cc(F)c(F)c(-c2ccccc2OB(Oc2c(F)c(F)c3c(F)c(F)c4c(F)c(F)c(F)c5c(F)c(F)c2c3c45)c2c(F)c(F)c(F)c3c(F)c(F)c(F)c(F)c23)c1. The molecule has 0 radical (unpaired) electrons. The minimum Gasteiger partial charge on any atom is -0.521 e. The molecule has 2 nitrogen and oxygen atoms in total. The van der Waals surface area contributed by atoms with Gasteiger partial charge in [0.15, 0.2) is 110 Å². The molecule has 8 aromatic rings. The number of hydrogen-bond acceptors (Lipinski definition) is 2. The van der Waals surface area contributed by atoms with Crippen molar-refractivity contribution in [1.82, 2.24) is 0 Å². The second-order valence-corrected chi connectivity index (χ2v) is 12.6. The van der Waals surface area contributed by atoms with Gasteiger partial charge in [-0.05, 0) is 12.1 Å². The van der Waals surface area contributed by atoms with Crippen LogP contribution in [0.25, 0.3) is 54.2 Å². The predicted octanol–water partition coefficient (Wildman–Crippen LogP) is 11.9. The van der Waals surface area contributed by atoms with Crippen LogP contribution >= 0.6 is 0 Å². The summed E-state index contributed by atoms with van der Waals surface area (Å²) in [6.07, 6.45) is 0. The molecular weight excluding hydrogens is 860 g/mol. The predicted molar refractivity (Wildman–Crippen MR) is 172 cm³/mol. The molecule has 0 saturated carbocycles. The summed E-state index contributed by atoms with van der Waals surface area (Å²) in [7, 11) is -3.62. The number of fused-ring (bicyclic) bond motifs is 1. The minimum atomic E-state index is -3.62. The van der Waals surface area contributed by atoms with Gasteiger partial charge in [0.1, 0.15) is 11.6 Å². The highest BCUT2D eigenvalue weighted by molar-refractivity contribution is 6.66. The zero-order chi connectivity index (χ0) is 43.7. The largest absolute Gasteiger partial charge is 0.636 e. The summed E-state index contributed by atoms with van der Waals surface area (Å²) < 4.78 is 299. The van der Waals surface area contributed by atoms with Gasteiger partial charge in [-0.3, -0.25) is 0 Å². The molecule has 0 fully saturated rings. The highest BCUT2D eigenvalue weighted by Gasteiger charge is 2.43. The first kappa shape index (κ1) is 40.2. The van der Waals surface area contributed by atoms with Crippen LogP contribution in [0.2, 0.25) is 0 Å². The van der Waals surface area contributed by atoms with E-state index in [4.69, 9.17) is 9.31 Å². The lowest BCUT2D eigenvalue weighted by Crippen LogP contribution is -2.46. The number of halogens is 19. The van der Waals surface area contributed by atoms with Crippen molar-refractivity contribution in [3.05, 3.63) is 147 Å². The van der Waals surface area contributed by atoms with Crippen LogP contribution in [0.1, 0.15) is 0 Å². The fourth-order valence-electron chi connectivity index (χ4n) is 6.86. The smallest absolute Gasteiger partial charge is 0.521 e. The number of hydrogen-bond donors (Lipinski definition) is 0. The second kappa shape index (κ2) is 13.7. The van der Waals surface area contributed by atoms with Crippen molar-refractivity contribution in [3.8, 4) is 22.6 Å². The Labute approximate surface area is 318 Å². The lowest BCUT2D eigenvalue weighted by Gasteiger charge is -2.24. The second-order valence-electron chi connectivity index (χ2n) is 12.6. The molecular formula is C38H6BF19O2. The summed E-state index contributed by atoms with van der Waals surface area (Å²) >= 11 is 0. The Balaban J connectivity index is 1.53. The third-order valence-corrected chi connectivity index (χ3v) is 9.42. The molecule has 60 heavy (non-hydrogen) atoms. The third kappa shape index (κ3) is 5.34. The molecule has 8 aromatic carbocycles. The zero-order valence-electron chi connectivity index (χ0n) is 28.0. The fourth-order valence-corrected chi connectivity index (χ4v) is 6.86. The highest BCUT2D eigenvalue weighted by Crippen LogP contribution is 2.49. The van der Waals surface area contributed by atoms with E-state index in [0.717, 1.165) is 18.2 Å². The van der Waals surface area contributed by atoms with Gasteiger partial charge in [-0.1, -0.05) is 18.2 Å². The van der Waals surface area contributed by atoms with Crippen LogP contribution in [0, 0.1) is 111 Å². The molecule has 0 saturated heterocycles. The van der Waals surface area contributed by atoms with E-state index in [1.807, 2.05) is 0 Å². The van der Waals surface area contributed by atoms with Crippen LogP contribution in [0.4, 0.5) is 83.4 Å². The maximum Gasteiger partial charge on any atom is 0.636 e. The first-order chi connectivity index (χ1) is 28.2. The van der Waals surface area contributed by atoms with Gasteiger partial charge >= 0.3 is 7.12 Å². The van der Waals surface area contributed by atoms with Gasteiger partial charge in [-0.15, -0.1) is 0 Å². The normalized spacial score (nSPS) is 11.9. The molecule has 0 aliphatic rings. The summed E-state index contributed by atoms with van der Waals surface area (Å²) in [6, 6.07) is 3.53. The summed E-state index contributed by atoms with van der Waals surface area (Å²) in [5.74, 6) is -53.0. The van der Waals surface area contributed by atoms with Crippen LogP contribution in [-0.4, -0.2) is 7.12 Å². The number of benzene rings is 8. The minimum absolute atomic E-state index is 0.0295. The molecule has 8 rings (SSSR count). The van der Waals surface area contributed by atoms with Gasteiger partial charge in [0.2, 0.25) is 0 Å². The molecule has 0 amide bonds. The summed E-state index contributed by atoms with van der Waals surface area (Å²) in [4.78, 5) is 0. The molecule has 22 heteroatoms. The van der Waals surface area contributed by atoms with Crippen molar-refractivity contribution in [2.75, 3.05) is 0 Å². The van der Waals surface area contributed by atoms with Gasteiger partial charge in [0.25, 0.3) is 0 Å². The summed E-state index contributed by atoms with van der Waals surface area (Å²) in [6.45, 7) is 0. The average molecular weight is 866 g/mol. The molecule has 0 aromatic heterocycles. The molecule has 306 valence electrons. The van der Waals surface area contributed by atoms with E-state index < -0.39 is 189 Å². The van der Waals surface area contributed by atoms with Crippen molar-refractivity contribution in [1.29, 1.82) is 0 Å². The number of rotatable bonds is 6. The molecule has 0 unspecified atom stereocenters. The summed E-state index contributed by atoms with van der Waals surface area (Å²) in [5, 5.41) is -16.3. The monoisotopic (exact) mass is 866 g/mol. The Bertz CT molecular complexity index is 3200. The lowest BCUT2D eigenvalue weighted by atomic mass is 9.74. The van der Waals surface area contributed by atoms with E-state index in [1.54, 1.807) is 0 Å². The molecule has 0 atom stereocenters. The van der Waals surface area contributed by atoms with Crippen molar-refractivity contribution >= 4 is 55.7 Å². The van der Waals surface area contributed by atoms with Crippen LogP contribution in [-0.2, 0) is 0 Å². The topological polar surface area (TPSA) is 18.5 Å². The van der Waals surface area contributed by atoms with E-state index in [1.165, 1.54) is 0 Å². The van der Waals surface area contributed by atoms with E-state index in [2.05, 4.69) is 0 Å². The Hall–Kier alpha value is -6.61. The fraction of sp³-hybridized carbons (Fsp3) is 0. The van der Waals surface area contributed by atoms with Crippen LogP contribution < -0.4 is 14.8 Å². The Kier molecular flexibility index (Phi) is 9.20. The Morgan fingerprint density at radius 3 is 1.27 bits per heavy atom. The van der Waals surface area contributed by atoms with E-state index in [0.29, 0.717) is 6.07 Å². The number of para-hydroxylation sites is 1. The van der Waals surface area contributed by atoms with Gasteiger partial charge in [-0.2, -0.15) is 4.39 Å². The maximum absolute atomic E-state index is 16.2. The zero-order valence-corrected chi connectivity index (χ0v) is 28.0. The first-order valence-corrected chi connectivity index (χ1v) is 16.0.